The van der Waals surface area contributed by atoms with Crippen molar-refractivity contribution in [1.29, 1.82) is 0 Å². The van der Waals surface area contributed by atoms with E-state index < -0.39 is 0 Å². The largest absolute Gasteiger partial charge is 0.357 e. The number of halogens is 1. The number of nitrogens with one attached hydrogen (secondary N) is 2. The van der Waals surface area contributed by atoms with E-state index in [-0.39, 0.29) is 36.4 Å². The number of pyridine rings is 1. The molecule has 1 heterocycles. The Hall–Kier alpha value is -1.38. The lowest BCUT2D eigenvalue weighted by Crippen LogP contribution is -2.41. The van der Waals surface area contributed by atoms with E-state index in [0.717, 1.165) is 37.6 Å². The Kier molecular flexibility index (Phi) is 15.7. The molecule has 0 aliphatic carbocycles. The molecule has 1 atom stereocenters. The summed E-state index contributed by atoms with van der Waals surface area (Å²) >= 11 is 0. The maximum atomic E-state index is 12.4. The van der Waals surface area contributed by atoms with Crippen LogP contribution in [0.3, 0.4) is 0 Å². The molecule has 6 nitrogen and oxygen atoms in total. The van der Waals surface area contributed by atoms with Gasteiger partial charge in [0.1, 0.15) is 6.54 Å². The van der Waals surface area contributed by atoms with Gasteiger partial charge < -0.3 is 15.5 Å². The number of rotatable bonds is 12. The van der Waals surface area contributed by atoms with Crippen molar-refractivity contribution in [2.75, 3.05) is 33.2 Å². The SMILES string of the molecule is CCCCC(CC)CNC(=NCC(=O)N(C)CCc1ccccn1)NCC.I. The number of unbranched alkanes of at least 4 members (excludes halogenated alkanes) is 1. The molecule has 0 aliphatic heterocycles. The Bertz CT molecular complexity index is 553. The van der Waals surface area contributed by atoms with Gasteiger partial charge in [-0.3, -0.25) is 9.78 Å². The molecule has 1 aromatic heterocycles. The Morgan fingerprint density at radius 3 is 2.64 bits per heavy atom. The normalized spacial score (nSPS) is 12.1. The number of aromatic nitrogens is 1. The third kappa shape index (κ3) is 11.5. The van der Waals surface area contributed by atoms with Crippen molar-refractivity contribution in [3.8, 4) is 0 Å². The maximum absolute atomic E-state index is 12.4. The van der Waals surface area contributed by atoms with E-state index in [1.165, 1.54) is 19.3 Å². The molecule has 0 saturated heterocycles. The van der Waals surface area contributed by atoms with Crippen LogP contribution in [-0.2, 0) is 11.2 Å². The summed E-state index contributed by atoms with van der Waals surface area (Å²) in [6, 6.07) is 5.84. The number of amides is 1. The highest BCUT2D eigenvalue weighted by Gasteiger charge is 2.10. The van der Waals surface area contributed by atoms with Crippen LogP contribution in [0.25, 0.3) is 0 Å². The zero-order chi connectivity index (χ0) is 19.9. The molecule has 0 radical (unpaired) electrons. The van der Waals surface area contributed by atoms with Gasteiger partial charge in [0.2, 0.25) is 5.91 Å². The second-order valence-electron chi connectivity index (χ2n) is 6.88. The van der Waals surface area contributed by atoms with Gasteiger partial charge in [0, 0.05) is 45.0 Å². The van der Waals surface area contributed by atoms with Crippen LogP contribution >= 0.6 is 24.0 Å². The third-order valence-electron chi connectivity index (χ3n) is 4.67. The monoisotopic (exact) mass is 503 g/mol. The maximum Gasteiger partial charge on any atom is 0.244 e. The Labute approximate surface area is 188 Å². The van der Waals surface area contributed by atoms with E-state index in [1.54, 1.807) is 11.1 Å². The molecule has 1 amide bonds. The molecule has 0 aromatic carbocycles. The molecular weight excluding hydrogens is 465 g/mol. The van der Waals surface area contributed by atoms with Gasteiger partial charge in [-0.1, -0.05) is 39.2 Å². The number of carbonyl (C=O) groups excluding carboxylic acids is 1. The summed E-state index contributed by atoms with van der Waals surface area (Å²) < 4.78 is 0. The molecule has 0 spiro atoms. The first-order chi connectivity index (χ1) is 13.1. The van der Waals surface area contributed by atoms with Gasteiger partial charge >= 0.3 is 0 Å². The van der Waals surface area contributed by atoms with Crippen molar-refractivity contribution in [3.05, 3.63) is 30.1 Å². The molecule has 0 bridgehead atoms. The van der Waals surface area contributed by atoms with Gasteiger partial charge in [0.05, 0.1) is 0 Å². The minimum atomic E-state index is 0. The van der Waals surface area contributed by atoms with Crippen LogP contribution in [-0.4, -0.2) is 55.0 Å². The topological polar surface area (TPSA) is 69.6 Å². The third-order valence-corrected chi connectivity index (χ3v) is 4.67. The molecule has 0 saturated carbocycles. The number of carbonyl (C=O) groups is 1. The van der Waals surface area contributed by atoms with Gasteiger partial charge in [-0.05, 0) is 31.4 Å². The van der Waals surface area contributed by atoms with Crippen LogP contribution in [0.2, 0.25) is 0 Å². The zero-order valence-electron chi connectivity index (χ0n) is 17.9. The summed E-state index contributed by atoms with van der Waals surface area (Å²) in [5.41, 5.74) is 0.994. The molecule has 0 aliphatic rings. The van der Waals surface area contributed by atoms with Crippen molar-refractivity contribution in [1.82, 2.24) is 20.5 Å². The number of likely N-dealkylation sites (N-methyl/N-ethyl adjacent to an activating group) is 1. The predicted octanol–water partition coefficient (Wildman–Crippen LogP) is 3.47. The van der Waals surface area contributed by atoms with Crippen LogP contribution in [0.1, 0.15) is 52.1 Å². The molecular formula is C21H38IN5O. The first kappa shape index (κ1) is 26.6. The van der Waals surface area contributed by atoms with E-state index in [2.05, 4.69) is 34.5 Å². The van der Waals surface area contributed by atoms with E-state index in [9.17, 15) is 4.79 Å². The predicted molar refractivity (Wildman–Crippen MR) is 128 cm³/mol. The standard InChI is InChI=1S/C21H37N5O.HI/c1-5-8-11-18(6-2)16-24-21(22-7-3)25-17-20(27)26(4)15-13-19-12-9-10-14-23-19;/h9-10,12,14,18H,5-8,11,13,15-17H2,1-4H3,(H2,22,24,25);1H. The lowest BCUT2D eigenvalue weighted by Gasteiger charge is -2.19. The van der Waals surface area contributed by atoms with Crippen molar-refractivity contribution < 1.29 is 4.79 Å². The summed E-state index contributed by atoms with van der Waals surface area (Å²) in [6.07, 6.45) is 7.40. The van der Waals surface area contributed by atoms with Crippen molar-refractivity contribution >= 4 is 35.8 Å². The average Bonchev–Trinajstić information content (AvgIpc) is 2.70. The highest BCUT2D eigenvalue weighted by molar-refractivity contribution is 14.0. The molecule has 1 aromatic rings. The van der Waals surface area contributed by atoms with Gasteiger partial charge in [0.15, 0.2) is 5.96 Å². The summed E-state index contributed by atoms with van der Waals surface area (Å²) in [5.74, 6) is 1.38. The molecule has 28 heavy (non-hydrogen) atoms. The van der Waals surface area contributed by atoms with Gasteiger partial charge in [-0.25, -0.2) is 4.99 Å². The summed E-state index contributed by atoms with van der Waals surface area (Å²) in [6.45, 7) is 8.96. The van der Waals surface area contributed by atoms with E-state index >= 15 is 0 Å². The molecule has 2 N–H and O–H groups in total. The number of hydrogen-bond acceptors (Lipinski definition) is 3. The fourth-order valence-corrected chi connectivity index (χ4v) is 2.75. The van der Waals surface area contributed by atoms with Crippen molar-refractivity contribution in [2.45, 2.75) is 52.9 Å². The van der Waals surface area contributed by atoms with Gasteiger partial charge in [-0.15, -0.1) is 24.0 Å². The fourth-order valence-electron chi connectivity index (χ4n) is 2.75. The van der Waals surface area contributed by atoms with Crippen LogP contribution in [0.15, 0.2) is 29.4 Å². The van der Waals surface area contributed by atoms with E-state index in [4.69, 9.17) is 0 Å². The molecule has 1 unspecified atom stereocenters. The van der Waals surface area contributed by atoms with E-state index in [0.29, 0.717) is 12.5 Å². The van der Waals surface area contributed by atoms with Crippen LogP contribution < -0.4 is 10.6 Å². The van der Waals surface area contributed by atoms with Crippen molar-refractivity contribution in [2.24, 2.45) is 10.9 Å². The number of guanidine groups is 1. The minimum Gasteiger partial charge on any atom is -0.357 e. The second kappa shape index (κ2) is 16.6. The van der Waals surface area contributed by atoms with Gasteiger partial charge in [0.25, 0.3) is 0 Å². The highest BCUT2D eigenvalue weighted by atomic mass is 127. The molecule has 160 valence electrons. The number of aliphatic imine (C=N–C) groups is 1. The molecule has 0 fully saturated rings. The first-order valence-electron chi connectivity index (χ1n) is 10.3. The van der Waals surface area contributed by atoms with Gasteiger partial charge in [-0.2, -0.15) is 0 Å². The second-order valence-corrected chi connectivity index (χ2v) is 6.88. The summed E-state index contributed by atoms with van der Waals surface area (Å²) in [4.78, 5) is 22.8. The molecule has 7 heteroatoms. The van der Waals surface area contributed by atoms with Crippen LogP contribution in [0.5, 0.6) is 0 Å². The van der Waals surface area contributed by atoms with E-state index in [1.807, 2.05) is 32.2 Å². The number of nitrogens with zero attached hydrogens (tertiary/aromatic N) is 3. The quantitative estimate of drug-likeness (QED) is 0.261. The smallest absolute Gasteiger partial charge is 0.244 e. The average molecular weight is 503 g/mol. The highest BCUT2D eigenvalue weighted by Crippen LogP contribution is 2.11. The fraction of sp³-hybridized carbons (Fsp3) is 0.667. The Morgan fingerprint density at radius 2 is 2.04 bits per heavy atom. The van der Waals surface area contributed by atoms with Crippen LogP contribution in [0.4, 0.5) is 0 Å². The zero-order valence-corrected chi connectivity index (χ0v) is 20.2. The number of hydrogen-bond donors (Lipinski definition) is 2. The first-order valence-corrected chi connectivity index (χ1v) is 10.3. The van der Waals surface area contributed by atoms with Crippen molar-refractivity contribution in [3.63, 3.8) is 0 Å². The minimum absolute atomic E-state index is 0. The Balaban J connectivity index is 0.00000729. The summed E-state index contributed by atoms with van der Waals surface area (Å²) in [7, 11) is 1.82. The lowest BCUT2D eigenvalue weighted by molar-refractivity contribution is -0.128. The lowest BCUT2D eigenvalue weighted by atomic mass is 9.99. The van der Waals surface area contributed by atoms with Crippen LogP contribution in [0, 0.1) is 5.92 Å². The Morgan fingerprint density at radius 1 is 1.25 bits per heavy atom. The molecule has 1 rings (SSSR count). The summed E-state index contributed by atoms with van der Waals surface area (Å²) in [5, 5.41) is 6.62.